The van der Waals surface area contributed by atoms with E-state index in [1.165, 1.54) is 0 Å². The van der Waals surface area contributed by atoms with E-state index in [-0.39, 0.29) is 21.9 Å². The van der Waals surface area contributed by atoms with E-state index in [1.807, 2.05) is 0 Å². The largest absolute Gasteiger partial charge is 0.298 e. The van der Waals surface area contributed by atoms with Crippen molar-refractivity contribution in [3.8, 4) is 0 Å². The van der Waals surface area contributed by atoms with Crippen molar-refractivity contribution >= 4 is 19.9 Å². The highest BCUT2D eigenvalue weighted by atomic mass is 32.2. The summed E-state index contributed by atoms with van der Waals surface area (Å²) in [4.78, 5) is 2.53. The van der Waals surface area contributed by atoms with Crippen LogP contribution in [0, 0.1) is 13.8 Å². The first-order valence-corrected chi connectivity index (χ1v) is 11.5. The second-order valence-corrected chi connectivity index (χ2v) is 10.7. The maximum atomic E-state index is 13.2. The molecule has 0 unspecified atom stereocenters. The van der Waals surface area contributed by atoms with Crippen LogP contribution in [0.5, 0.6) is 0 Å². The van der Waals surface area contributed by atoms with Crippen LogP contribution in [0.2, 0.25) is 0 Å². The first kappa shape index (κ1) is 17.8. The molecule has 6 nitrogen and oxygen atoms in total. The lowest BCUT2D eigenvalue weighted by Crippen LogP contribution is -2.48. The molecule has 0 aromatic heterocycles. The molecule has 0 N–H and O–H groups in total. The molecule has 0 spiro atoms. The highest BCUT2D eigenvalue weighted by molar-refractivity contribution is 7.91. The van der Waals surface area contributed by atoms with Crippen molar-refractivity contribution < 1.29 is 16.8 Å². The molecule has 2 saturated heterocycles. The minimum absolute atomic E-state index is 0.0125. The molecule has 8 heteroatoms. The number of rotatable bonds is 4. The summed E-state index contributed by atoms with van der Waals surface area (Å²) in [7, 11) is -7.17. The van der Waals surface area contributed by atoms with Gasteiger partial charge in [-0.3, -0.25) is 4.90 Å². The first-order valence-electron chi connectivity index (χ1n) is 8.13. The van der Waals surface area contributed by atoms with Crippen LogP contribution in [0.15, 0.2) is 21.9 Å². The Morgan fingerprint density at radius 3 is 2.17 bits per heavy atom. The van der Waals surface area contributed by atoms with Gasteiger partial charge >= 0.3 is 0 Å². The Balaban J connectivity index is 2.05. The Kier molecular flexibility index (Phi) is 4.31. The van der Waals surface area contributed by atoms with Crippen LogP contribution < -0.4 is 0 Å². The minimum Gasteiger partial charge on any atom is -0.298 e. The van der Waals surface area contributed by atoms with Crippen molar-refractivity contribution in [1.82, 2.24) is 9.21 Å². The number of nitrogens with zero attached hydrogens (tertiary/aromatic N) is 2. The normalized spacial score (nSPS) is 25.5. The zero-order valence-electron chi connectivity index (χ0n) is 14.5. The average molecular weight is 373 g/mol. The molecule has 24 heavy (non-hydrogen) atoms. The summed E-state index contributed by atoms with van der Waals surface area (Å²) in [5.74, 6) is 0. The number of likely N-dealkylation sites (tertiary alicyclic amines) is 1. The number of benzene rings is 1. The molecule has 1 aromatic carbocycles. The van der Waals surface area contributed by atoms with Gasteiger partial charge in [0, 0.05) is 31.4 Å². The van der Waals surface area contributed by atoms with Crippen molar-refractivity contribution in [1.29, 1.82) is 0 Å². The van der Waals surface area contributed by atoms with Crippen LogP contribution in [-0.4, -0.2) is 64.0 Å². The molecule has 0 radical (unpaired) electrons. The number of sulfonamides is 1. The molecule has 2 fully saturated rings. The Bertz CT molecular complexity index is 878. The minimum atomic E-state index is -3.69. The summed E-state index contributed by atoms with van der Waals surface area (Å²) < 4.78 is 51.9. The van der Waals surface area contributed by atoms with Crippen LogP contribution >= 0.6 is 0 Å². The summed E-state index contributed by atoms with van der Waals surface area (Å²) in [6, 6.07) is 3.39. The molecule has 3 rings (SSSR count). The lowest BCUT2D eigenvalue weighted by molar-refractivity contribution is 0.190. The van der Waals surface area contributed by atoms with E-state index in [0.717, 1.165) is 25.8 Å². The van der Waals surface area contributed by atoms with Gasteiger partial charge < -0.3 is 0 Å². The molecule has 2 heterocycles. The van der Waals surface area contributed by atoms with E-state index < -0.39 is 19.9 Å². The van der Waals surface area contributed by atoms with Crippen LogP contribution in [0.1, 0.15) is 24.5 Å². The Labute approximate surface area is 144 Å². The summed E-state index contributed by atoms with van der Waals surface area (Å²) in [5, 5.41) is 0. The zero-order valence-corrected chi connectivity index (χ0v) is 16.1. The highest BCUT2D eigenvalue weighted by Gasteiger charge is 2.48. The van der Waals surface area contributed by atoms with Gasteiger partial charge in [0.25, 0.3) is 0 Å². The lowest BCUT2D eigenvalue weighted by atomic mass is 10.2. The molecule has 2 aliphatic rings. The number of hydrogen-bond donors (Lipinski definition) is 0. The number of fused-ring (bicyclic) bond motifs is 2. The average Bonchev–Trinajstić information content (AvgIpc) is 3.08. The zero-order chi connectivity index (χ0) is 17.9. The topological polar surface area (TPSA) is 74.8 Å². The SMILES string of the molecule is CCN1C[C@H]2C[C@@H]1CN2S(=O)(=O)c1cc(C)cc(S(C)(=O)=O)c1C. The fraction of sp³-hybridized carbons (Fsp3) is 0.625. The van der Waals surface area contributed by atoms with Crippen molar-refractivity contribution in [2.24, 2.45) is 0 Å². The Hall–Kier alpha value is -0.960. The monoisotopic (exact) mass is 372 g/mol. The maximum Gasteiger partial charge on any atom is 0.243 e. The Morgan fingerprint density at radius 2 is 1.67 bits per heavy atom. The van der Waals surface area contributed by atoms with E-state index in [2.05, 4.69) is 11.8 Å². The van der Waals surface area contributed by atoms with Crippen LogP contribution in [-0.2, 0) is 19.9 Å². The standard InChI is InChI=1S/C16H24N2O4S2/c1-5-17-9-14-8-13(17)10-18(14)24(21,22)16-7-11(2)6-15(12(16)3)23(4,19)20/h6-7,13-14H,5,8-10H2,1-4H3/t13-,14-/m1/s1. The van der Waals surface area contributed by atoms with Gasteiger partial charge in [0.1, 0.15) is 0 Å². The fourth-order valence-corrected chi connectivity index (χ4v) is 7.10. The number of hydrogen-bond acceptors (Lipinski definition) is 5. The summed E-state index contributed by atoms with van der Waals surface area (Å²) >= 11 is 0. The molecular formula is C16H24N2O4S2. The van der Waals surface area contributed by atoms with Crippen molar-refractivity contribution in [2.45, 2.75) is 49.1 Å². The number of sulfone groups is 1. The third-order valence-electron chi connectivity index (χ3n) is 5.15. The van der Waals surface area contributed by atoms with Crippen LogP contribution in [0.3, 0.4) is 0 Å². The smallest absolute Gasteiger partial charge is 0.243 e. The van der Waals surface area contributed by atoms with E-state index in [9.17, 15) is 16.8 Å². The molecule has 2 aliphatic heterocycles. The number of piperazine rings is 1. The quantitative estimate of drug-likeness (QED) is 0.793. The second-order valence-electron chi connectivity index (χ2n) is 6.86. The summed E-state index contributed by atoms with van der Waals surface area (Å²) in [6.07, 6.45) is 1.97. The van der Waals surface area contributed by atoms with Gasteiger partial charge in [-0.05, 0) is 50.1 Å². The van der Waals surface area contributed by atoms with Crippen molar-refractivity contribution in [3.63, 3.8) is 0 Å². The van der Waals surface area contributed by atoms with Crippen molar-refractivity contribution in [2.75, 3.05) is 25.9 Å². The van der Waals surface area contributed by atoms with Crippen LogP contribution in [0.25, 0.3) is 0 Å². The van der Waals surface area contributed by atoms with Gasteiger partial charge in [-0.25, -0.2) is 16.8 Å². The molecule has 1 aromatic rings. The molecule has 2 atom stereocenters. The van der Waals surface area contributed by atoms with Gasteiger partial charge in [0.15, 0.2) is 9.84 Å². The van der Waals surface area contributed by atoms with Crippen LogP contribution in [0.4, 0.5) is 0 Å². The lowest BCUT2D eigenvalue weighted by Gasteiger charge is -2.33. The van der Waals surface area contributed by atoms with E-state index in [1.54, 1.807) is 30.3 Å². The molecule has 2 bridgehead atoms. The predicted molar refractivity (Wildman–Crippen MR) is 92.4 cm³/mol. The second kappa shape index (κ2) is 5.79. The predicted octanol–water partition coefficient (Wildman–Crippen LogP) is 1.17. The molecular weight excluding hydrogens is 348 g/mol. The highest BCUT2D eigenvalue weighted by Crippen LogP contribution is 2.36. The van der Waals surface area contributed by atoms with Gasteiger partial charge in [-0.1, -0.05) is 6.92 Å². The first-order chi connectivity index (χ1) is 11.1. The number of aryl methyl sites for hydroxylation is 1. The third-order valence-corrected chi connectivity index (χ3v) is 8.42. The summed E-state index contributed by atoms with van der Waals surface area (Å²) in [6.45, 7) is 7.56. The van der Waals surface area contributed by atoms with Gasteiger partial charge in [0.05, 0.1) is 9.79 Å². The molecule has 0 amide bonds. The molecule has 0 saturated carbocycles. The fourth-order valence-electron chi connectivity index (χ4n) is 3.97. The molecule has 0 aliphatic carbocycles. The van der Waals surface area contributed by atoms with E-state index in [0.29, 0.717) is 17.7 Å². The maximum absolute atomic E-state index is 13.2. The van der Waals surface area contributed by atoms with E-state index >= 15 is 0 Å². The summed E-state index contributed by atoms with van der Waals surface area (Å²) in [5.41, 5.74) is 0.956. The van der Waals surface area contributed by atoms with E-state index in [4.69, 9.17) is 0 Å². The third kappa shape index (κ3) is 2.79. The molecule has 134 valence electrons. The van der Waals surface area contributed by atoms with Gasteiger partial charge in [-0.2, -0.15) is 4.31 Å². The van der Waals surface area contributed by atoms with Gasteiger partial charge in [-0.15, -0.1) is 0 Å². The Morgan fingerprint density at radius 1 is 1.04 bits per heavy atom. The van der Waals surface area contributed by atoms with Crippen molar-refractivity contribution in [3.05, 3.63) is 23.3 Å². The van der Waals surface area contributed by atoms with Gasteiger partial charge in [0.2, 0.25) is 10.0 Å². The number of likely N-dealkylation sites (N-methyl/N-ethyl adjacent to an activating group) is 1.